The van der Waals surface area contributed by atoms with E-state index in [0.717, 1.165) is 12.1 Å². The number of rotatable bonds is 3. The smallest absolute Gasteiger partial charge is 0.416 e. The van der Waals surface area contributed by atoms with Crippen molar-refractivity contribution >= 4 is 5.90 Å². The van der Waals surface area contributed by atoms with Gasteiger partial charge in [-0.15, -0.1) is 0 Å². The minimum atomic E-state index is -4.49. The first-order valence-corrected chi connectivity index (χ1v) is 6.24. The Labute approximate surface area is 120 Å². The zero-order chi connectivity index (χ0) is 15.8. The zero-order valence-electron chi connectivity index (χ0n) is 12.2. The molecule has 0 spiro atoms. The lowest BCUT2D eigenvalue weighted by molar-refractivity contribution is -0.137. The molecule has 4 nitrogen and oxygen atoms in total. The molecule has 2 rings (SSSR count). The Hall–Kier alpha value is -1.92. The second kappa shape index (κ2) is 5.13. The third kappa shape index (κ3) is 3.06. The predicted molar refractivity (Wildman–Crippen MR) is 71.1 cm³/mol. The van der Waals surface area contributed by atoms with Gasteiger partial charge >= 0.3 is 6.18 Å². The highest BCUT2D eigenvalue weighted by atomic mass is 19.4. The van der Waals surface area contributed by atoms with Crippen molar-refractivity contribution in [1.82, 2.24) is 0 Å². The van der Waals surface area contributed by atoms with Crippen LogP contribution in [-0.2, 0) is 10.9 Å². The standard InChI is InChI=1S/C14H16F3NO3/c1-13(2)7-21-12(18-13)11-9(19-3)5-8(14(15,16)17)6-10(11)20-4/h5-6H,7H2,1-4H3. The van der Waals surface area contributed by atoms with Crippen molar-refractivity contribution < 1.29 is 27.4 Å². The molecule has 0 N–H and O–H groups in total. The summed E-state index contributed by atoms with van der Waals surface area (Å²) in [6.45, 7) is 4.07. The molecular weight excluding hydrogens is 287 g/mol. The first-order chi connectivity index (χ1) is 9.68. The molecule has 0 unspecified atom stereocenters. The maximum atomic E-state index is 12.9. The molecule has 0 saturated carbocycles. The normalized spacial score (nSPS) is 17.2. The van der Waals surface area contributed by atoms with Crippen LogP contribution >= 0.6 is 0 Å². The van der Waals surface area contributed by atoms with Crippen molar-refractivity contribution in [3.05, 3.63) is 23.3 Å². The van der Waals surface area contributed by atoms with E-state index in [9.17, 15) is 13.2 Å². The van der Waals surface area contributed by atoms with Gasteiger partial charge in [-0.1, -0.05) is 0 Å². The van der Waals surface area contributed by atoms with E-state index < -0.39 is 17.3 Å². The van der Waals surface area contributed by atoms with E-state index in [1.807, 2.05) is 13.8 Å². The lowest BCUT2D eigenvalue weighted by Gasteiger charge is -2.16. The van der Waals surface area contributed by atoms with Gasteiger partial charge in [0.15, 0.2) is 0 Å². The molecule has 0 fully saturated rings. The highest BCUT2D eigenvalue weighted by molar-refractivity contribution is 6.01. The zero-order valence-corrected chi connectivity index (χ0v) is 12.2. The first-order valence-electron chi connectivity index (χ1n) is 6.24. The van der Waals surface area contributed by atoms with Gasteiger partial charge in [-0.3, -0.25) is 0 Å². The van der Waals surface area contributed by atoms with Crippen LogP contribution in [0.4, 0.5) is 13.2 Å². The minimum Gasteiger partial charge on any atom is -0.496 e. The number of nitrogens with zero attached hydrogens (tertiary/aromatic N) is 1. The van der Waals surface area contributed by atoms with E-state index in [-0.39, 0.29) is 17.4 Å². The minimum absolute atomic E-state index is 0.0122. The van der Waals surface area contributed by atoms with Crippen LogP contribution in [-0.4, -0.2) is 32.3 Å². The Morgan fingerprint density at radius 1 is 1.14 bits per heavy atom. The number of benzene rings is 1. The van der Waals surface area contributed by atoms with E-state index in [2.05, 4.69) is 4.99 Å². The molecule has 21 heavy (non-hydrogen) atoms. The average molecular weight is 303 g/mol. The molecule has 0 amide bonds. The number of alkyl halides is 3. The lowest BCUT2D eigenvalue weighted by atomic mass is 10.1. The molecule has 0 radical (unpaired) electrons. The fourth-order valence-corrected chi connectivity index (χ4v) is 2.00. The Morgan fingerprint density at radius 3 is 2.00 bits per heavy atom. The Morgan fingerprint density at radius 2 is 1.67 bits per heavy atom. The van der Waals surface area contributed by atoms with Gasteiger partial charge < -0.3 is 14.2 Å². The molecule has 1 heterocycles. The fourth-order valence-electron chi connectivity index (χ4n) is 2.00. The van der Waals surface area contributed by atoms with Crippen LogP contribution in [0, 0.1) is 0 Å². The van der Waals surface area contributed by atoms with E-state index in [1.54, 1.807) is 0 Å². The molecule has 0 aliphatic carbocycles. The topological polar surface area (TPSA) is 40.0 Å². The highest BCUT2D eigenvalue weighted by Gasteiger charge is 2.36. The molecule has 7 heteroatoms. The summed E-state index contributed by atoms with van der Waals surface area (Å²) in [6.07, 6.45) is -4.49. The van der Waals surface area contributed by atoms with Crippen molar-refractivity contribution in [2.75, 3.05) is 20.8 Å². The number of aliphatic imine (C=N–C) groups is 1. The summed E-state index contributed by atoms with van der Waals surface area (Å²) in [6, 6.07) is 1.82. The summed E-state index contributed by atoms with van der Waals surface area (Å²) in [5.74, 6) is 0.249. The molecule has 1 aromatic carbocycles. The van der Waals surface area contributed by atoms with Gasteiger partial charge in [0, 0.05) is 0 Å². The third-order valence-corrected chi connectivity index (χ3v) is 3.01. The van der Waals surface area contributed by atoms with Gasteiger partial charge in [0.2, 0.25) is 5.90 Å². The van der Waals surface area contributed by atoms with Crippen LogP contribution in [0.5, 0.6) is 11.5 Å². The van der Waals surface area contributed by atoms with Crippen LogP contribution < -0.4 is 9.47 Å². The van der Waals surface area contributed by atoms with Gasteiger partial charge in [0.1, 0.15) is 23.7 Å². The fraction of sp³-hybridized carbons (Fsp3) is 0.500. The summed E-state index contributed by atoms with van der Waals surface area (Å²) < 4.78 is 54.2. The quantitative estimate of drug-likeness (QED) is 0.860. The summed E-state index contributed by atoms with van der Waals surface area (Å²) in [4.78, 5) is 4.35. The Balaban J connectivity index is 2.61. The molecule has 0 bridgehead atoms. The third-order valence-electron chi connectivity index (χ3n) is 3.01. The van der Waals surface area contributed by atoms with E-state index in [0.29, 0.717) is 12.2 Å². The Bertz CT molecular complexity index is 554. The van der Waals surface area contributed by atoms with Crippen LogP contribution in [0.1, 0.15) is 25.0 Å². The Kier molecular flexibility index (Phi) is 3.78. The summed E-state index contributed by atoms with van der Waals surface area (Å²) in [5, 5.41) is 0. The molecular formula is C14H16F3NO3. The van der Waals surface area contributed by atoms with Gasteiger partial charge in [0.05, 0.1) is 25.3 Å². The largest absolute Gasteiger partial charge is 0.496 e. The molecule has 1 aromatic rings. The predicted octanol–water partition coefficient (Wildman–Crippen LogP) is 3.28. The number of hydrogen-bond donors (Lipinski definition) is 0. The molecule has 1 aliphatic heterocycles. The van der Waals surface area contributed by atoms with Crippen molar-refractivity contribution in [3.8, 4) is 11.5 Å². The average Bonchev–Trinajstić information content (AvgIpc) is 2.75. The van der Waals surface area contributed by atoms with E-state index in [4.69, 9.17) is 14.2 Å². The van der Waals surface area contributed by atoms with Crippen molar-refractivity contribution in [2.24, 2.45) is 4.99 Å². The van der Waals surface area contributed by atoms with E-state index >= 15 is 0 Å². The van der Waals surface area contributed by atoms with Crippen LogP contribution in [0.2, 0.25) is 0 Å². The lowest BCUT2D eigenvalue weighted by Crippen LogP contribution is -2.17. The monoisotopic (exact) mass is 303 g/mol. The van der Waals surface area contributed by atoms with Crippen molar-refractivity contribution in [2.45, 2.75) is 25.6 Å². The highest BCUT2D eigenvalue weighted by Crippen LogP contribution is 2.39. The van der Waals surface area contributed by atoms with E-state index in [1.165, 1.54) is 14.2 Å². The molecule has 1 aliphatic rings. The van der Waals surface area contributed by atoms with Gasteiger partial charge in [-0.05, 0) is 26.0 Å². The SMILES string of the molecule is COc1cc(C(F)(F)F)cc(OC)c1C1=NC(C)(C)CO1. The van der Waals surface area contributed by atoms with Gasteiger partial charge in [-0.25, -0.2) is 4.99 Å². The van der Waals surface area contributed by atoms with Crippen molar-refractivity contribution in [3.63, 3.8) is 0 Å². The molecule has 116 valence electrons. The second-order valence-corrected chi connectivity index (χ2v) is 5.27. The van der Waals surface area contributed by atoms with Crippen molar-refractivity contribution in [1.29, 1.82) is 0 Å². The van der Waals surface area contributed by atoms with Gasteiger partial charge in [-0.2, -0.15) is 13.2 Å². The summed E-state index contributed by atoms with van der Waals surface area (Å²) >= 11 is 0. The number of halogens is 3. The van der Waals surface area contributed by atoms with Crippen LogP contribution in [0.15, 0.2) is 17.1 Å². The van der Waals surface area contributed by atoms with Crippen LogP contribution in [0.3, 0.4) is 0 Å². The maximum Gasteiger partial charge on any atom is 0.416 e. The summed E-state index contributed by atoms with van der Waals surface area (Å²) in [5.41, 5.74) is -0.995. The van der Waals surface area contributed by atoms with Gasteiger partial charge in [0.25, 0.3) is 0 Å². The number of methoxy groups -OCH3 is 2. The summed E-state index contributed by atoms with van der Waals surface area (Å²) in [7, 11) is 2.58. The molecule has 0 saturated heterocycles. The number of hydrogen-bond acceptors (Lipinski definition) is 4. The molecule has 0 atom stereocenters. The first kappa shape index (κ1) is 15.5. The molecule has 0 aromatic heterocycles. The maximum absolute atomic E-state index is 12.9. The number of ether oxygens (including phenoxy) is 3. The van der Waals surface area contributed by atoms with Crippen LogP contribution in [0.25, 0.3) is 0 Å². The second-order valence-electron chi connectivity index (χ2n) is 5.27.